The number of hydrogen-bond donors (Lipinski definition) is 3. The molecule has 2 aromatic heterocycles. The SMILES string of the molecule is C.COC(=O)c1ccccc1C(=O)c1ncc(Cl)cc1NS(=O)(=O)c1ccc(Cl)c(C(F)(F)F)c1.O=C(O)c1ccccc1C(=O)c1ncc(Cl)cc1NS(=O)(=O)c1ccc(Cl)c(C(F)(F)F)c1. The highest BCUT2D eigenvalue weighted by Gasteiger charge is 2.36. The number of carboxylic acids is 1. The number of aromatic nitrogens is 2. The maximum absolute atomic E-state index is 13.2. The van der Waals surface area contributed by atoms with Crippen molar-refractivity contribution in [2.45, 2.75) is 29.6 Å². The number of ketones is 2. The van der Waals surface area contributed by atoms with Gasteiger partial charge in [-0.15, -0.1) is 0 Å². The number of rotatable bonds is 12. The summed E-state index contributed by atoms with van der Waals surface area (Å²) >= 11 is 22.8. The maximum Gasteiger partial charge on any atom is 0.417 e. The van der Waals surface area contributed by atoms with Crippen LogP contribution in [0.15, 0.2) is 119 Å². The number of nitrogens with zero attached hydrogens (tertiary/aromatic N) is 2. The van der Waals surface area contributed by atoms with Crippen LogP contribution in [0.5, 0.6) is 0 Å². The van der Waals surface area contributed by atoms with Crippen molar-refractivity contribution in [3.05, 3.63) is 174 Å². The molecule has 3 N–H and O–H groups in total. The minimum atomic E-state index is -4.91. The molecule has 2 heterocycles. The minimum absolute atomic E-state index is 0. The number of sulfonamides is 2. The Balaban J connectivity index is 0.000000292. The van der Waals surface area contributed by atoms with Gasteiger partial charge in [0.25, 0.3) is 20.0 Å². The number of halogens is 10. The van der Waals surface area contributed by atoms with Gasteiger partial charge >= 0.3 is 24.3 Å². The lowest BCUT2D eigenvalue weighted by Gasteiger charge is -2.15. The Kier molecular flexibility index (Phi) is 17.0. The summed E-state index contributed by atoms with van der Waals surface area (Å²) in [5.74, 6) is -4.03. The van der Waals surface area contributed by atoms with E-state index in [0.717, 1.165) is 55.9 Å². The predicted molar refractivity (Wildman–Crippen MR) is 238 cm³/mol. The Labute approximate surface area is 401 Å². The zero-order chi connectivity index (χ0) is 49.8. The summed E-state index contributed by atoms with van der Waals surface area (Å²) in [6.45, 7) is 0. The van der Waals surface area contributed by atoms with Gasteiger partial charge in [0.2, 0.25) is 11.6 Å². The highest BCUT2D eigenvalue weighted by Crippen LogP contribution is 2.38. The molecule has 0 aliphatic rings. The molecule has 358 valence electrons. The fourth-order valence-electron chi connectivity index (χ4n) is 5.67. The highest BCUT2D eigenvalue weighted by atomic mass is 35.5. The highest BCUT2D eigenvalue weighted by molar-refractivity contribution is 7.93. The van der Waals surface area contributed by atoms with Gasteiger partial charge in [-0.1, -0.05) is 90.2 Å². The van der Waals surface area contributed by atoms with E-state index in [2.05, 4.69) is 14.7 Å². The van der Waals surface area contributed by atoms with E-state index in [-0.39, 0.29) is 39.7 Å². The van der Waals surface area contributed by atoms with E-state index in [1.807, 2.05) is 9.44 Å². The molecular formula is C42H28Cl4F6N4O10S2. The Hall–Kier alpha value is -6.30. The fraction of sp³-hybridized carbons (Fsp3) is 0.0952. The van der Waals surface area contributed by atoms with Crippen molar-refractivity contribution in [2.24, 2.45) is 0 Å². The third-order valence-corrected chi connectivity index (χ3v) is 12.5. The Morgan fingerprint density at radius 3 is 1.28 bits per heavy atom. The summed E-state index contributed by atoms with van der Waals surface area (Å²) in [4.78, 5) is 55.7. The van der Waals surface area contributed by atoms with Crippen molar-refractivity contribution in [3.63, 3.8) is 0 Å². The molecular weight excluding hydrogens is 1040 g/mol. The van der Waals surface area contributed by atoms with Gasteiger partial charge in [-0.3, -0.25) is 19.0 Å². The number of alkyl halides is 6. The quantitative estimate of drug-likeness (QED) is 0.0593. The van der Waals surface area contributed by atoms with Gasteiger partial charge < -0.3 is 9.84 Å². The standard InChI is InChI=1S/C21H13Cl2F3N2O5S.C20H11Cl2F3N2O5S.CH4/c1-33-20(30)14-5-3-2-4-13(14)19(29)18-17(8-11(22)10-27-18)28-34(31,32)12-6-7-16(23)15(9-12)21(24,25)26;21-10-7-16(17(26-9-10)18(28)12-3-1-2-4-13(12)19(29)30)27-33(31,32)11-5-6-15(22)14(8-11)20(23,24)25;/h2-10,28H,1H3;1-9,27H,(H,29,30);1H4. The van der Waals surface area contributed by atoms with E-state index in [1.165, 1.54) is 48.5 Å². The van der Waals surface area contributed by atoms with Crippen LogP contribution in [-0.2, 0) is 37.1 Å². The second-order valence-corrected chi connectivity index (χ2v) is 18.2. The van der Waals surface area contributed by atoms with Crippen molar-refractivity contribution >= 4 is 101 Å². The summed E-state index contributed by atoms with van der Waals surface area (Å²) < 4.78 is 139. The molecule has 6 aromatic rings. The van der Waals surface area contributed by atoms with E-state index in [9.17, 15) is 67.5 Å². The number of ether oxygens (including phenoxy) is 1. The van der Waals surface area contributed by atoms with E-state index in [4.69, 9.17) is 46.4 Å². The van der Waals surface area contributed by atoms with E-state index >= 15 is 0 Å². The first-order chi connectivity index (χ1) is 31.2. The van der Waals surface area contributed by atoms with E-state index in [0.29, 0.717) is 12.1 Å². The largest absolute Gasteiger partial charge is 0.478 e. The minimum Gasteiger partial charge on any atom is -0.478 e. The summed E-state index contributed by atoms with van der Waals surface area (Å²) in [5, 5.41) is 7.76. The molecule has 26 heteroatoms. The third kappa shape index (κ3) is 12.6. The number of carbonyl (C=O) groups excluding carboxylic acids is 3. The van der Waals surface area contributed by atoms with Crippen LogP contribution in [0.25, 0.3) is 0 Å². The normalized spacial score (nSPS) is 11.6. The number of pyridine rings is 2. The Morgan fingerprint density at radius 2 is 0.926 bits per heavy atom. The lowest BCUT2D eigenvalue weighted by molar-refractivity contribution is -0.138. The van der Waals surface area contributed by atoms with Gasteiger partial charge in [-0.25, -0.2) is 36.4 Å². The van der Waals surface area contributed by atoms with Crippen molar-refractivity contribution in [1.29, 1.82) is 0 Å². The molecule has 0 saturated carbocycles. The number of carboxylic acid groups (broad SMARTS) is 1. The van der Waals surface area contributed by atoms with Crippen molar-refractivity contribution in [3.8, 4) is 0 Å². The number of esters is 1. The number of methoxy groups -OCH3 is 1. The molecule has 0 spiro atoms. The van der Waals surface area contributed by atoms with Crippen LogP contribution in [0.4, 0.5) is 37.7 Å². The number of benzene rings is 4. The summed E-state index contributed by atoms with van der Waals surface area (Å²) in [7, 11) is -8.20. The fourth-order valence-corrected chi connectivity index (χ4v) is 8.60. The van der Waals surface area contributed by atoms with Crippen LogP contribution >= 0.6 is 46.4 Å². The van der Waals surface area contributed by atoms with Gasteiger partial charge in [0.1, 0.15) is 11.4 Å². The maximum atomic E-state index is 13.2. The van der Waals surface area contributed by atoms with Gasteiger partial charge in [-0.05, 0) is 60.7 Å². The first-order valence-electron chi connectivity index (χ1n) is 17.9. The number of nitrogens with one attached hydrogen (secondary N) is 2. The van der Waals surface area contributed by atoms with Crippen LogP contribution in [0, 0.1) is 0 Å². The van der Waals surface area contributed by atoms with Gasteiger partial charge in [0.05, 0.1) is 70.6 Å². The molecule has 14 nitrogen and oxygen atoms in total. The monoisotopic (exact) mass is 1070 g/mol. The Bertz CT molecular complexity index is 3200. The second kappa shape index (κ2) is 21.3. The molecule has 6 rings (SSSR count). The van der Waals surface area contributed by atoms with E-state index in [1.54, 1.807) is 0 Å². The summed E-state index contributed by atoms with van der Waals surface area (Å²) in [6, 6.07) is 16.8. The number of anilines is 2. The van der Waals surface area contributed by atoms with Crippen LogP contribution in [0.3, 0.4) is 0 Å². The average Bonchev–Trinajstić information content (AvgIpc) is 3.25. The lowest BCUT2D eigenvalue weighted by Crippen LogP contribution is -2.19. The number of hydrogen-bond acceptors (Lipinski definition) is 11. The van der Waals surface area contributed by atoms with Crippen LogP contribution in [0.1, 0.15) is 71.4 Å². The molecule has 68 heavy (non-hydrogen) atoms. The van der Waals surface area contributed by atoms with Gasteiger partial charge in [0, 0.05) is 23.5 Å². The topological polar surface area (TPSA) is 216 Å². The first-order valence-corrected chi connectivity index (χ1v) is 22.3. The van der Waals surface area contributed by atoms with E-state index < -0.39 is 110 Å². The number of aromatic carboxylic acids is 1. The van der Waals surface area contributed by atoms with Crippen LogP contribution < -0.4 is 9.44 Å². The zero-order valence-electron chi connectivity index (χ0n) is 33.0. The molecule has 0 aliphatic carbocycles. The third-order valence-electron chi connectivity index (χ3n) is 8.71. The lowest BCUT2D eigenvalue weighted by atomic mass is 10.0. The molecule has 0 saturated heterocycles. The zero-order valence-corrected chi connectivity index (χ0v) is 37.7. The Morgan fingerprint density at radius 1 is 0.574 bits per heavy atom. The van der Waals surface area contributed by atoms with Gasteiger partial charge in [-0.2, -0.15) is 26.3 Å². The van der Waals surface area contributed by atoms with Crippen LogP contribution in [-0.4, -0.2) is 62.5 Å². The molecule has 0 atom stereocenters. The summed E-state index contributed by atoms with van der Waals surface area (Å²) in [5.41, 5.74) is -5.46. The smallest absolute Gasteiger partial charge is 0.417 e. The molecule has 0 unspecified atom stereocenters. The molecule has 0 radical (unpaired) electrons. The second-order valence-electron chi connectivity index (χ2n) is 13.1. The van der Waals surface area contributed by atoms with Crippen molar-refractivity contribution < 1.29 is 72.2 Å². The van der Waals surface area contributed by atoms with Crippen molar-refractivity contribution in [2.75, 3.05) is 16.6 Å². The molecule has 0 fully saturated rings. The molecule has 0 amide bonds. The molecule has 4 aromatic carbocycles. The number of carbonyl (C=O) groups is 4. The molecule has 0 bridgehead atoms. The molecule has 0 aliphatic heterocycles. The van der Waals surface area contributed by atoms with Gasteiger partial charge in [0.15, 0.2) is 0 Å². The average molecular weight is 1070 g/mol. The van der Waals surface area contributed by atoms with Crippen molar-refractivity contribution in [1.82, 2.24) is 9.97 Å². The van der Waals surface area contributed by atoms with Crippen LogP contribution in [0.2, 0.25) is 20.1 Å². The first kappa shape index (κ1) is 54.3. The predicted octanol–water partition coefficient (Wildman–Crippen LogP) is 11.0. The summed E-state index contributed by atoms with van der Waals surface area (Å²) in [6.07, 6.45) is -7.72.